The smallest absolute Gasteiger partial charge is 0.367 e. The van der Waals surface area contributed by atoms with Crippen molar-refractivity contribution in [1.29, 1.82) is 0 Å². The van der Waals surface area contributed by atoms with Crippen LogP contribution in [0.15, 0.2) is 9.98 Å². The Bertz CT molecular complexity index is 294. The fourth-order valence-corrected chi connectivity index (χ4v) is 0.925. The quantitative estimate of drug-likeness (QED) is 0.492. The second-order valence-electron chi connectivity index (χ2n) is 2.89. The van der Waals surface area contributed by atoms with Gasteiger partial charge in [-0.1, -0.05) is 13.3 Å². The summed E-state index contributed by atoms with van der Waals surface area (Å²) in [6, 6.07) is -0.554. The zero-order valence-electron chi connectivity index (χ0n) is 8.02. The van der Waals surface area contributed by atoms with Crippen LogP contribution in [0.2, 0.25) is 0 Å². The van der Waals surface area contributed by atoms with Crippen molar-refractivity contribution in [3.8, 4) is 0 Å². The van der Waals surface area contributed by atoms with Crippen LogP contribution in [0.1, 0.15) is 26.2 Å². The van der Waals surface area contributed by atoms with Crippen molar-refractivity contribution >= 4 is 23.9 Å². The monoisotopic (exact) mass is 196 g/mol. The number of unbranched alkanes of at least 4 members (excludes halogenated alkanes) is 1. The van der Waals surface area contributed by atoms with E-state index in [9.17, 15) is 9.59 Å². The molecule has 1 aliphatic heterocycles. The Kier molecular flexibility index (Phi) is 3.97. The highest BCUT2D eigenvalue weighted by molar-refractivity contribution is 6.40. The maximum absolute atomic E-state index is 11.1. The van der Waals surface area contributed by atoms with Gasteiger partial charge in [0, 0.05) is 0 Å². The fourth-order valence-electron chi connectivity index (χ4n) is 0.925. The number of nitrogens with zero attached hydrogens (tertiary/aromatic N) is 2. The second-order valence-corrected chi connectivity index (χ2v) is 2.89. The van der Waals surface area contributed by atoms with Gasteiger partial charge in [-0.05, 0) is 6.42 Å². The Hall–Kier alpha value is -1.52. The molecule has 0 N–H and O–H groups in total. The van der Waals surface area contributed by atoms with Crippen LogP contribution in [0.5, 0.6) is 0 Å². The van der Waals surface area contributed by atoms with Gasteiger partial charge in [0.05, 0.1) is 25.0 Å². The third-order valence-corrected chi connectivity index (χ3v) is 1.65. The van der Waals surface area contributed by atoms with Crippen molar-refractivity contribution in [3.05, 3.63) is 0 Å². The lowest BCUT2D eigenvalue weighted by atomic mass is 10.3. The molecular weight excluding hydrogens is 184 g/mol. The topological polar surface area (TPSA) is 68.1 Å². The Morgan fingerprint density at radius 3 is 2.93 bits per heavy atom. The van der Waals surface area contributed by atoms with E-state index in [0.717, 1.165) is 12.8 Å². The van der Waals surface area contributed by atoms with Gasteiger partial charge in [-0.3, -0.25) is 4.79 Å². The van der Waals surface area contributed by atoms with Crippen LogP contribution in [-0.2, 0) is 9.53 Å². The molecule has 76 valence electrons. The van der Waals surface area contributed by atoms with Crippen molar-refractivity contribution in [3.63, 3.8) is 0 Å². The second kappa shape index (κ2) is 5.26. The molecule has 2 amide bonds. The van der Waals surface area contributed by atoms with Gasteiger partial charge in [0.15, 0.2) is 0 Å². The third kappa shape index (κ3) is 3.47. The van der Waals surface area contributed by atoms with Crippen LogP contribution in [0, 0.1) is 0 Å². The Labute approximate surface area is 81.9 Å². The zero-order valence-corrected chi connectivity index (χ0v) is 8.02. The van der Waals surface area contributed by atoms with Crippen LogP contribution in [0.25, 0.3) is 0 Å². The highest BCUT2D eigenvalue weighted by atomic mass is 16.5. The lowest BCUT2D eigenvalue weighted by molar-refractivity contribution is -0.142. The minimum Gasteiger partial charge on any atom is -0.465 e. The Morgan fingerprint density at radius 2 is 2.36 bits per heavy atom. The molecule has 0 aliphatic carbocycles. The minimum absolute atomic E-state index is 0.0267. The summed E-state index contributed by atoms with van der Waals surface area (Å²) in [7, 11) is 0. The predicted molar refractivity (Wildman–Crippen MR) is 51.8 cm³/mol. The molecule has 0 saturated heterocycles. The number of ether oxygens (including phenoxy) is 1. The minimum atomic E-state index is -0.554. The molecule has 0 bridgehead atoms. The first kappa shape index (κ1) is 10.6. The molecule has 0 radical (unpaired) electrons. The molecule has 14 heavy (non-hydrogen) atoms. The molecule has 1 heterocycles. The molecule has 5 heteroatoms. The van der Waals surface area contributed by atoms with E-state index in [0.29, 0.717) is 12.3 Å². The van der Waals surface area contributed by atoms with Crippen molar-refractivity contribution < 1.29 is 14.3 Å². The SMILES string of the molecule is CCCCOC(=O)CC1=NC(=O)N=C1. The van der Waals surface area contributed by atoms with Crippen LogP contribution >= 0.6 is 0 Å². The predicted octanol–water partition coefficient (Wildman–Crippen LogP) is 1.37. The van der Waals surface area contributed by atoms with E-state index >= 15 is 0 Å². The average molecular weight is 196 g/mol. The van der Waals surface area contributed by atoms with Gasteiger partial charge in [0.25, 0.3) is 0 Å². The number of aliphatic imine (C=N–C) groups is 2. The van der Waals surface area contributed by atoms with Gasteiger partial charge in [0.1, 0.15) is 0 Å². The van der Waals surface area contributed by atoms with Crippen LogP contribution in [0.4, 0.5) is 4.79 Å². The number of carbonyl (C=O) groups is 2. The van der Waals surface area contributed by atoms with E-state index < -0.39 is 6.03 Å². The van der Waals surface area contributed by atoms with Crippen LogP contribution in [-0.4, -0.2) is 30.5 Å². The molecule has 5 nitrogen and oxygen atoms in total. The van der Waals surface area contributed by atoms with Crippen LogP contribution in [0.3, 0.4) is 0 Å². The lowest BCUT2D eigenvalue weighted by Crippen LogP contribution is -2.11. The number of carbonyl (C=O) groups excluding carboxylic acids is 2. The summed E-state index contributed by atoms with van der Waals surface area (Å²) in [5.74, 6) is -0.363. The highest BCUT2D eigenvalue weighted by Gasteiger charge is 2.12. The number of hydrogen-bond acceptors (Lipinski definition) is 3. The highest BCUT2D eigenvalue weighted by Crippen LogP contribution is 1.99. The summed E-state index contributed by atoms with van der Waals surface area (Å²) in [6.07, 6.45) is 3.15. The van der Waals surface area contributed by atoms with Gasteiger partial charge in [0.2, 0.25) is 0 Å². The number of rotatable bonds is 5. The Balaban J connectivity index is 2.24. The van der Waals surface area contributed by atoms with E-state index in [4.69, 9.17) is 4.74 Å². The summed E-state index contributed by atoms with van der Waals surface area (Å²) in [5.41, 5.74) is 0.372. The molecule has 1 rings (SSSR count). The fraction of sp³-hybridized carbons (Fsp3) is 0.556. The van der Waals surface area contributed by atoms with E-state index in [-0.39, 0.29) is 12.4 Å². The maximum atomic E-state index is 11.1. The van der Waals surface area contributed by atoms with Crippen LogP contribution < -0.4 is 0 Å². The van der Waals surface area contributed by atoms with E-state index in [1.807, 2.05) is 6.92 Å². The molecule has 0 fully saturated rings. The molecule has 0 saturated carbocycles. The molecule has 0 unspecified atom stereocenters. The van der Waals surface area contributed by atoms with Gasteiger partial charge in [-0.2, -0.15) is 9.98 Å². The molecular formula is C9H12N2O3. The van der Waals surface area contributed by atoms with Crippen molar-refractivity contribution in [1.82, 2.24) is 0 Å². The number of esters is 1. The van der Waals surface area contributed by atoms with Crippen molar-refractivity contribution in [2.45, 2.75) is 26.2 Å². The first-order chi connectivity index (χ1) is 6.72. The number of urea groups is 1. The Morgan fingerprint density at radius 1 is 1.57 bits per heavy atom. The summed E-state index contributed by atoms with van der Waals surface area (Å²) in [5, 5.41) is 0. The van der Waals surface area contributed by atoms with E-state index in [1.54, 1.807) is 0 Å². The molecule has 0 atom stereocenters. The molecule has 1 aliphatic rings. The molecule has 0 aromatic carbocycles. The first-order valence-corrected chi connectivity index (χ1v) is 4.53. The van der Waals surface area contributed by atoms with Gasteiger partial charge >= 0.3 is 12.0 Å². The summed E-state index contributed by atoms with van der Waals surface area (Å²) in [4.78, 5) is 28.6. The number of hydrogen-bond donors (Lipinski definition) is 0. The molecule has 0 aromatic rings. The maximum Gasteiger partial charge on any atom is 0.367 e. The first-order valence-electron chi connectivity index (χ1n) is 4.53. The largest absolute Gasteiger partial charge is 0.465 e. The van der Waals surface area contributed by atoms with Gasteiger partial charge < -0.3 is 4.74 Å². The third-order valence-electron chi connectivity index (χ3n) is 1.65. The van der Waals surface area contributed by atoms with E-state index in [2.05, 4.69) is 9.98 Å². The number of amides is 2. The summed E-state index contributed by atoms with van der Waals surface area (Å²) >= 11 is 0. The standard InChI is InChI=1S/C9H12N2O3/c1-2-3-4-14-8(12)5-7-6-10-9(13)11-7/h6H,2-5H2,1H3. The lowest BCUT2D eigenvalue weighted by Gasteiger charge is -2.01. The van der Waals surface area contributed by atoms with E-state index in [1.165, 1.54) is 6.21 Å². The normalized spacial score (nSPS) is 14.4. The van der Waals surface area contributed by atoms with Crippen molar-refractivity contribution in [2.75, 3.05) is 6.61 Å². The van der Waals surface area contributed by atoms with Gasteiger partial charge in [-0.15, -0.1) is 0 Å². The summed E-state index contributed by atoms with van der Waals surface area (Å²) in [6.45, 7) is 2.44. The molecule has 0 aromatic heterocycles. The zero-order chi connectivity index (χ0) is 10.4. The summed E-state index contributed by atoms with van der Waals surface area (Å²) < 4.78 is 4.89. The van der Waals surface area contributed by atoms with Crippen molar-refractivity contribution in [2.24, 2.45) is 9.98 Å². The van der Waals surface area contributed by atoms with Gasteiger partial charge in [-0.25, -0.2) is 4.79 Å². The average Bonchev–Trinajstić information content (AvgIpc) is 2.52. The molecule has 0 spiro atoms.